The maximum Gasteiger partial charge on any atom is 0.293 e. The topological polar surface area (TPSA) is 75.9 Å². The van der Waals surface area contributed by atoms with Crippen molar-refractivity contribution in [1.82, 2.24) is 29.4 Å². The first-order valence-electron chi connectivity index (χ1n) is 8.85. The van der Waals surface area contributed by atoms with Crippen molar-refractivity contribution in [3.05, 3.63) is 23.3 Å². The molecule has 134 valence electrons. The highest BCUT2D eigenvalue weighted by Gasteiger charge is 2.38. The summed E-state index contributed by atoms with van der Waals surface area (Å²) in [6, 6.07) is 2.31. The molecule has 1 amide bonds. The summed E-state index contributed by atoms with van der Waals surface area (Å²) in [5, 5.41) is 4.38. The number of hydrogen-bond acceptors (Lipinski definition) is 6. The lowest BCUT2D eigenvalue weighted by Gasteiger charge is -2.33. The fraction of sp³-hybridized carbons (Fsp3) is 0.647. The van der Waals surface area contributed by atoms with E-state index < -0.39 is 0 Å². The molecule has 0 spiro atoms. The average Bonchev–Trinajstić information content (AvgIpc) is 3.19. The molecule has 2 aliphatic heterocycles. The molecule has 4 rings (SSSR count). The number of fused-ring (bicyclic) bond motifs is 1. The first kappa shape index (κ1) is 16.4. The summed E-state index contributed by atoms with van der Waals surface area (Å²) >= 11 is 0. The fourth-order valence-electron chi connectivity index (χ4n) is 3.90. The molecule has 25 heavy (non-hydrogen) atoms. The summed E-state index contributed by atoms with van der Waals surface area (Å²) in [6.07, 6.45) is 0. The Labute approximate surface area is 146 Å². The molecule has 0 N–H and O–H groups in total. The molecular weight excluding hydrogens is 320 g/mol. The van der Waals surface area contributed by atoms with Crippen molar-refractivity contribution in [1.29, 1.82) is 0 Å². The van der Waals surface area contributed by atoms with Crippen molar-refractivity contribution in [2.24, 2.45) is 5.92 Å². The third-order valence-electron chi connectivity index (χ3n) is 5.18. The molecule has 2 fully saturated rings. The Hall–Kier alpha value is -2.06. The highest BCUT2D eigenvalue weighted by molar-refractivity contribution is 5.91. The van der Waals surface area contributed by atoms with Crippen molar-refractivity contribution in [2.75, 3.05) is 39.4 Å². The Kier molecular flexibility index (Phi) is 4.16. The minimum Gasteiger partial charge on any atom is -0.379 e. The summed E-state index contributed by atoms with van der Waals surface area (Å²) in [6.45, 7) is 10.9. The third kappa shape index (κ3) is 3.00. The van der Waals surface area contributed by atoms with Crippen LogP contribution < -0.4 is 0 Å². The lowest BCUT2D eigenvalue weighted by Crippen LogP contribution is -2.47. The summed E-state index contributed by atoms with van der Waals surface area (Å²) < 4.78 is 7.08. The maximum absolute atomic E-state index is 12.9. The van der Waals surface area contributed by atoms with Crippen LogP contribution in [0.5, 0.6) is 0 Å². The molecule has 0 saturated carbocycles. The maximum atomic E-state index is 12.9. The zero-order valence-electron chi connectivity index (χ0n) is 15.0. The van der Waals surface area contributed by atoms with Crippen LogP contribution in [0.3, 0.4) is 0 Å². The summed E-state index contributed by atoms with van der Waals surface area (Å²) in [7, 11) is 0. The van der Waals surface area contributed by atoms with Gasteiger partial charge in [0.2, 0.25) is 5.82 Å². The number of hydrogen-bond donors (Lipinski definition) is 0. The minimum atomic E-state index is -0.106. The van der Waals surface area contributed by atoms with E-state index >= 15 is 0 Å². The van der Waals surface area contributed by atoms with Gasteiger partial charge in [-0.1, -0.05) is 6.92 Å². The number of aromatic nitrogens is 4. The molecule has 2 aliphatic rings. The number of ether oxygens (including phenoxy) is 1. The Morgan fingerprint density at radius 2 is 1.96 bits per heavy atom. The predicted molar refractivity (Wildman–Crippen MR) is 91.5 cm³/mol. The number of amides is 1. The van der Waals surface area contributed by atoms with E-state index in [9.17, 15) is 4.79 Å². The van der Waals surface area contributed by atoms with Gasteiger partial charge in [0.05, 0.1) is 13.2 Å². The van der Waals surface area contributed by atoms with Gasteiger partial charge < -0.3 is 9.64 Å². The molecule has 2 aromatic rings. The normalized spacial score (nSPS) is 25.0. The summed E-state index contributed by atoms with van der Waals surface area (Å²) in [5.41, 5.74) is 1.80. The van der Waals surface area contributed by atoms with Gasteiger partial charge in [0.25, 0.3) is 11.7 Å². The SMILES string of the molecule is Cc1cc(C)n2nc(C(=O)N3C[C@@H](C)[C@H](N4CCOCC4)C3)nc2n1. The molecule has 2 atom stereocenters. The summed E-state index contributed by atoms with van der Waals surface area (Å²) in [4.78, 5) is 25.9. The lowest BCUT2D eigenvalue weighted by molar-refractivity contribution is 0.0119. The van der Waals surface area contributed by atoms with Gasteiger partial charge in [-0.15, -0.1) is 5.10 Å². The Bertz CT molecular complexity index is 798. The molecule has 8 heteroatoms. The van der Waals surface area contributed by atoms with E-state index in [0.717, 1.165) is 50.8 Å². The zero-order valence-corrected chi connectivity index (χ0v) is 15.0. The van der Waals surface area contributed by atoms with Crippen LogP contribution in [0.4, 0.5) is 0 Å². The van der Waals surface area contributed by atoms with Crippen LogP contribution in [0, 0.1) is 19.8 Å². The van der Waals surface area contributed by atoms with E-state index in [4.69, 9.17) is 4.74 Å². The smallest absolute Gasteiger partial charge is 0.293 e. The van der Waals surface area contributed by atoms with Gasteiger partial charge in [-0.3, -0.25) is 9.69 Å². The average molecular weight is 344 g/mol. The van der Waals surface area contributed by atoms with Gasteiger partial charge in [-0.05, 0) is 25.8 Å². The highest BCUT2D eigenvalue weighted by atomic mass is 16.5. The van der Waals surface area contributed by atoms with E-state index in [1.54, 1.807) is 4.52 Å². The number of carbonyl (C=O) groups excluding carboxylic acids is 1. The van der Waals surface area contributed by atoms with Gasteiger partial charge in [0.15, 0.2) is 0 Å². The molecule has 2 saturated heterocycles. The fourth-order valence-corrected chi connectivity index (χ4v) is 3.90. The van der Waals surface area contributed by atoms with E-state index in [1.165, 1.54) is 0 Å². The number of nitrogens with zero attached hydrogens (tertiary/aromatic N) is 6. The Morgan fingerprint density at radius 1 is 1.20 bits per heavy atom. The Balaban J connectivity index is 1.54. The van der Waals surface area contributed by atoms with Crippen LogP contribution in [0.1, 0.15) is 28.9 Å². The van der Waals surface area contributed by atoms with Gasteiger partial charge in [0.1, 0.15) is 0 Å². The number of rotatable bonds is 2. The standard InChI is InChI=1S/C17H24N6O2/c1-11-9-22(10-14(11)21-4-6-25-7-5-21)16(24)15-19-17-18-12(2)8-13(3)23(17)20-15/h8,11,14H,4-7,9-10H2,1-3H3/t11-,14-/m1/s1. The van der Waals surface area contributed by atoms with Crippen LogP contribution in [-0.4, -0.2) is 80.7 Å². The van der Waals surface area contributed by atoms with Crippen molar-refractivity contribution < 1.29 is 9.53 Å². The molecule has 4 heterocycles. The number of aryl methyl sites for hydroxylation is 2. The van der Waals surface area contributed by atoms with Crippen LogP contribution in [0.15, 0.2) is 6.07 Å². The second kappa shape index (κ2) is 6.34. The largest absolute Gasteiger partial charge is 0.379 e. The van der Waals surface area contributed by atoms with Crippen molar-refractivity contribution in [3.63, 3.8) is 0 Å². The third-order valence-corrected chi connectivity index (χ3v) is 5.18. The van der Waals surface area contributed by atoms with Crippen LogP contribution in [-0.2, 0) is 4.74 Å². The minimum absolute atomic E-state index is 0.106. The van der Waals surface area contributed by atoms with E-state index in [2.05, 4.69) is 26.9 Å². The van der Waals surface area contributed by atoms with E-state index in [0.29, 0.717) is 17.7 Å². The molecule has 2 aromatic heterocycles. The highest BCUT2D eigenvalue weighted by Crippen LogP contribution is 2.23. The first-order valence-corrected chi connectivity index (χ1v) is 8.85. The Morgan fingerprint density at radius 3 is 2.72 bits per heavy atom. The lowest BCUT2D eigenvalue weighted by atomic mass is 10.0. The van der Waals surface area contributed by atoms with Crippen molar-refractivity contribution in [2.45, 2.75) is 26.8 Å². The van der Waals surface area contributed by atoms with Crippen LogP contribution in [0.2, 0.25) is 0 Å². The second-order valence-electron chi connectivity index (χ2n) is 7.09. The zero-order chi connectivity index (χ0) is 17.6. The van der Waals surface area contributed by atoms with Gasteiger partial charge in [-0.25, -0.2) is 9.50 Å². The predicted octanol–water partition coefficient (Wildman–Crippen LogP) is 0.534. The van der Waals surface area contributed by atoms with Crippen LogP contribution in [0.25, 0.3) is 5.78 Å². The number of likely N-dealkylation sites (tertiary alicyclic amines) is 1. The molecule has 0 bridgehead atoms. The molecule has 0 unspecified atom stereocenters. The molecule has 0 aromatic carbocycles. The quantitative estimate of drug-likeness (QED) is 0.791. The number of morpholine rings is 1. The van der Waals surface area contributed by atoms with Gasteiger partial charge >= 0.3 is 0 Å². The summed E-state index contributed by atoms with van der Waals surface area (Å²) in [5.74, 6) is 1.04. The van der Waals surface area contributed by atoms with E-state index in [-0.39, 0.29) is 11.7 Å². The van der Waals surface area contributed by atoms with Crippen LogP contribution >= 0.6 is 0 Å². The molecule has 0 aliphatic carbocycles. The van der Waals surface area contributed by atoms with Crippen molar-refractivity contribution >= 4 is 11.7 Å². The molecule has 0 radical (unpaired) electrons. The first-order chi connectivity index (χ1) is 12.0. The van der Waals surface area contributed by atoms with Gasteiger partial charge in [0, 0.05) is 43.6 Å². The van der Waals surface area contributed by atoms with Gasteiger partial charge in [-0.2, -0.15) is 4.98 Å². The second-order valence-corrected chi connectivity index (χ2v) is 7.09. The molecular formula is C17H24N6O2. The van der Waals surface area contributed by atoms with E-state index in [1.807, 2.05) is 24.8 Å². The monoisotopic (exact) mass is 344 g/mol. The molecule has 8 nitrogen and oxygen atoms in total. The van der Waals surface area contributed by atoms with Crippen molar-refractivity contribution in [3.8, 4) is 0 Å². The number of carbonyl (C=O) groups is 1.